The molecule has 0 bridgehead atoms. The van der Waals surface area contributed by atoms with Crippen LogP contribution in [0.3, 0.4) is 0 Å². The lowest BCUT2D eigenvalue weighted by atomic mass is 9.97. The van der Waals surface area contributed by atoms with Crippen LogP contribution in [0.25, 0.3) is 0 Å². The van der Waals surface area contributed by atoms with Gasteiger partial charge in [-0.2, -0.15) is 0 Å². The molecule has 1 fully saturated rings. The van der Waals surface area contributed by atoms with Crippen LogP contribution < -0.4 is 10.1 Å². The van der Waals surface area contributed by atoms with Crippen LogP contribution in [-0.4, -0.2) is 38.8 Å². The van der Waals surface area contributed by atoms with Crippen molar-refractivity contribution >= 4 is 56.4 Å². The van der Waals surface area contributed by atoms with E-state index in [0.717, 1.165) is 0 Å². The Labute approximate surface area is 191 Å². The molecule has 6 nitrogen and oxygen atoms in total. The van der Waals surface area contributed by atoms with Crippen molar-refractivity contribution in [3.8, 4) is 5.75 Å². The number of rotatable bonds is 6. The maximum atomic E-state index is 12.8. The zero-order valence-electron chi connectivity index (χ0n) is 16.2. The van der Waals surface area contributed by atoms with Crippen LogP contribution in [-0.2, 0) is 20.6 Å². The van der Waals surface area contributed by atoms with Gasteiger partial charge in [0.1, 0.15) is 5.75 Å². The van der Waals surface area contributed by atoms with Crippen molar-refractivity contribution in [2.45, 2.75) is 18.6 Å². The molecule has 0 aliphatic carbocycles. The van der Waals surface area contributed by atoms with E-state index < -0.39 is 10.0 Å². The molecule has 3 rings (SSSR count). The van der Waals surface area contributed by atoms with Crippen LogP contribution in [0.1, 0.15) is 18.4 Å². The van der Waals surface area contributed by atoms with Gasteiger partial charge in [-0.3, -0.25) is 4.79 Å². The van der Waals surface area contributed by atoms with E-state index in [0.29, 0.717) is 44.9 Å². The predicted octanol–water partition coefficient (Wildman–Crippen LogP) is 4.84. The Balaban J connectivity index is 1.59. The van der Waals surface area contributed by atoms with E-state index in [1.165, 1.54) is 11.4 Å². The minimum atomic E-state index is -3.60. The van der Waals surface area contributed by atoms with E-state index in [2.05, 4.69) is 5.32 Å². The van der Waals surface area contributed by atoms with Crippen molar-refractivity contribution in [3.63, 3.8) is 0 Å². The number of hydrogen-bond acceptors (Lipinski definition) is 4. The van der Waals surface area contributed by atoms with Gasteiger partial charge in [0.15, 0.2) is 0 Å². The molecule has 1 heterocycles. The molecule has 0 atom stereocenters. The van der Waals surface area contributed by atoms with Crippen LogP contribution in [0.2, 0.25) is 15.1 Å². The molecule has 0 aromatic heterocycles. The van der Waals surface area contributed by atoms with E-state index in [9.17, 15) is 13.2 Å². The fourth-order valence-corrected chi connectivity index (χ4v) is 5.90. The minimum Gasteiger partial charge on any atom is -0.495 e. The number of carbonyl (C=O) groups is 1. The lowest BCUT2D eigenvalue weighted by molar-refractivity contribution is -0.120. The average Bonchev–Trinajstić information content (AvgIpc) is 2.71. The molecule has 1 saturated heterocycles. The number of ether oxygens (including phenoxy) is 1. The van der Waals surface area contributed by atoms with Gasteiger partial charge in [0.05, 0.1) is 17.9 Å². The van der Waals surface area contributed by atoms with Gasteiger partial charge in [-0.15, -0.1) is 0 Å². The number of hydrogen-bond donors (Lipinski definition) is 1. The smallest absolute Gasteiger partial charge is 0.227 e. The first-order valence-electron chi connectivity index (χ1n) is 9.26. The monoisotopic (exact) mass is 490 g/mol. The second kappa shape index (κ2) is 9.75. The second-order valence-electron chi connectivity index (χ2n) is 6.97. The number of piperidine rings is 1. The van der Waals surface area contributed by atoms with Crippen molar-refractivity contribution in [1.82, 2.24) is 4.31 Å². The van der Waals surface area contributed by atoms with Crippen LogP contribution in [0.4, 0.5) is 5.69 Å². The Morgan fingerprint density at radius 3 is 2.30 bits per heavy atom. The van der Waals surface area contributed by atoms with E-state index in [1.54, 1.807) is 36.4 Å². The fourth-order valence-electron chi connectivity index (χ4n) is 3.33. The lowest BCUT2D eigenvalue weighted by Gasteiger charge is -2.30. The highest BCUT2D eigenvalue weighted by Crippen LogP contribution is 2.30. The third-order valence-corrected chi connectivity index (χ3v) is 7.83. The summed E-state index contributed by atoms with van der Waals surface area (Å²) in [5.74, 6) is -0.206. The quantitative estimate of drug-likeness (QED) is 0.627. The SMILES string of the molecule is COc1ccc(NC(=O)C2CCN(S(=O)(=O)Cc3c(Cl)cccc3Cl)CC2)cc1Cl. The third-order valence-electron chi connectivity index (χ3n) is 5.03. The molecule has 1 aliphatic heterocycles. The van der Waals surface area contributed by atoms with E-state index in [-0.39, 0.29) is 30.7 Å². The molecular formula is C20H21Cl3N2O4S. The Hall–Kier alpha value is -1.51. The highest BCUT2D eigenvalue weighted by Gasteiger charge is 2.32. The zero-order valence-corrected chi connectivity index (χ0v) is 19.3. The minimum absolute atomic E-state index is 0.164. The molecule has 2 aromatic rings. The molecule has 10 heteroatoms. The molecule has 2 aromatic carbocycles. The van der Waals surface area contributed by atoms with Crippen molar-refractivity contribution in [1.29, 1.82) is 0 Å². The highest BCUT2D eigenvalue weighted by atomic mass is 35.5. The first-order chi connectivity index (χ1) is 14.2. The molecule has 1 N–H and O–H groups in total. The highest BCUT2D eigenvalue weighted by molar-refractivity contribution is 7.88. The van der Waals surface area contributed by atoms with Gasteiger partial charge < -0.3 is 10.1 Å². The van der Waals surface area contributed by atoms with Crippen LogP contribution in [0.15, 0.2) is 36.4 Å². The normalized spacial score (nSPS) is 15.7. The summed E-state index contributed by atoms with van der Waals surface area (Å²) in [6.45, 7) is 0.512. The van der Waals surface area contributed by atoms with Gasteiger partial charge in [-0.05, 0) is 43.2 Å². The number of halogens is 3. The Bertz CT molecular complexity index is 1020. The van der Waals surface area contributed by atoms with E-state index in [1.807, 2.05) is 0 Å². The Morgan fingerprint density at radius 2 is 1.73 bits per heavy atom. The number of nitrogens with zero attached hydrogens (tertiary/aromatic N) is 1. The summed E-state index contributed by atoms with van der Waals surface area (Å²) < 4.78 is 32.1. The molecule has 0 saturated carbocycles. The first kappa shape index (κ1) is 23.2. The first-order valence-corrected chi connectivity index (χ1v) is 12.0. The summed E-state index contributed by atoms with van der Waals surface area (Å²) in [6.07, 6.45) is 0.844. The number of amides is 1. The number of methoxy groups -OCH3 is 1. The third kappa shape index (κ3) is 5.39. The average molecular weight is 492 g/mol. The van der Waals surface area contributed by atoms with Crippen molar-refractivity contribution in [2.75, 3.05) is 25.5 Å². The van der Waals surface area contributed by atoms with Crippen LogP contribution in [0.5, 0.6) is 5.75 Å². The van der Waals surface area contributed by atoms with E-state index in [4.69, 9.17) is 39.5 Å². The maximum absolute atomic E-state index is 12.8. The summed E-state index contributed by atoms with van der Waals surface area (Å²) in [6, 6.07) is 9.88. The van der Waals surface area contributed by atoms with Gasteiger partial charge in [-0.25, -0.2) is 12.7 Å². The van der Waals surface area contributed by atoms with Crippen molar-refractivity contribution in [2.24, 2.45) is 5.92 Å². The summed E-state index contributed by atoms with van der Waals surface area (Å²) in [5.41, 5.74) is 0.950. The maximum Gasteiger partial charge on any atom is 0.227 e. The number of carbonyl (C=O) groups excluding carboxylic acids is 1. The molecule has 30 heavy (non-hydrogen) atoms. The predicted molar refractivity (Wildman–Crippen MR) is 120 cm³/mol. The summed E-state index contributed by atoms with van der Waals surface area (Å²) in [7, 11) is -2.09. The summed E-state index contributed by atoms with van der Waals surface area (Å²) in [4.78, 5) is 12.6. The van der Waals surface area contributed by atoms with Crippen LogP contribution >= 0.6 is 34.8 Å². The Kier molecular flexibility index (Phi) is 7.52. The van der Waals surface area contributed by atoms with Crippen molar-refractivity contribution < 1.29 is 17.9 Å². The lowest BCUT2D eigenvalue weighted by Crippen LogP contribution is -2.41. The van der Waals surface area contributed by atoms with Gasteiger partial charge >= 0.3 is 0 Å². The largest absolute Gasteiger partial charge is 0.495 e. The fraction of sp³-hybridized carbons (Fsp3) is 0.350. The topological polar surface area (TPSA) is 75.7 Å². The standard InChI is InChI=1S/C20H21Cl3N2O4S/c1-29-19-6-5-14(11-18(19)23)24-20(26)13-7-9-25(10-8-13)30(27,28)12-15-16(21)3-2-4-17(15)22/h2-6,11,13H,7-10,12H2,1H3,(H,24,26). The number of anilines is 1. The molecule has 162 valence electrons. The summed E-state index contributed by atoms with van der Waals surface area (Å²) >= 11 is 18.3. The van der Waals surface area contributed by atoms with Crippen molar-refractivity contribution in [3.05, 3.63) is 57.0 Å². The Morgan fingerprint density at radius 1 is 1.10 bits per heavy atom. The van der Waals surface area contributed by atoms with E-state index >= 15 is 0 Å². The van der Waals surface area contributed by atoms with Gasteiger partial charge in [-0.1, -0.05) is 40.9 Å². The number of benzene rings is 2. The van der Waals surface area contributed by atoms with Gasteiger partial charge in [0, 0.05) is 40.3 Å². The molecule has 1 amide bonds. The number of sulfonamides is 1. The molecular weight excluding hydrogens is 471 g/mol. The zero-order chi connectivity index (χ0) is 21.9. The molecule has 1 aliphatic rings. The second-order valence-corrected chi connectivity index (χ2v) is 10.2. The molecule has 0 unspecified atom stereocenters. The number of nitrogens with one attached hydrogen (secondary N) is 1. The van der Waals surface area contributed by atoms with Gasteiger partial charge in [0.2, 0.25) is 15.9 Å². The van der Waals surface area contributed by atoms with Crippen LogP contribution in [0, 0.1) is 5.92 Å². The molecule has 0 spiro atoms. The summed E-state index contributed by atoms with van der Waals surface area (Å²) in [5, 5.41) is 3.86. The molecule has 0 radical (unpaired) electrons. The van der Waals surface area contributed by atoms with Gasteiger partial charge in [0.25, 0.3) is 0 Å².